The molecule has 0 radical (unpaired) electrons. The quantitative estimate of drug-likeness (QED) is 0.770. The summed E-state index contributed by atoms with van der Waals surface area (Å²) in [6, 6.07) is 15.6. The summed E-state index contributed by atoms with van der Waals surface area (Å²) in [6.07, 6.45) is 0.888. The van der Waals surface area contributed by atoms with Gasteiger partial charge >= 0.3 is 0 Å². The highest BCUT2D eigenvalue weighted by Crippen LogP contribution is 2.20. The van der Waals surface area contributed by atoms with E-state index in [1.807, 2.05) is 30.3 Å². The third-order valence-corrected chi connectivity index (χ3v) is 3.67. The van der Waals surface area contributed by atoms with Crippen molar-refractivity contribution in [3.05, 3.63) is 84.2 Å². The monoisotopic (exact) mass is 313 g/mol. The number of aliphatic hydroxyl groups excluding tert-OH is 1. The van der Waals surface area contributed by atoms with E-state index in [1.165, 1.54) is 12.1 Å². The molecule has 0 aliphatic carbocycles. The molecule has 2 unspecified atom stereocenters. The Bertz CT molecular complexity index is 657. The van der Waals surface area contributed by atoms with E-state index in [4.69, 9.17) is 0 Å². The Hall–Kier alpha value is -2.46. The molecule has 0 saturated carbocycles. The molecule has 0 heterocycles. The largest absolute Gasteiger partial charge is 0.386 e. The van der Waals surface area contributed by atoms with E-state index in [9.17, 15) is 14.3 Å². The number of carbonyl (C=O) groups is 1. The van der Waals surface area contributed by atoms with E-state index in [0.717, 1.165) is 5.56 Å². The number of carbonyl (C=O) groups excluding carboxylic acids is 1. The predicted octanol–water partition coefficient (Wildman–Crippen LogP) is 3.34. The second-order valence-corrected chi connectivity index (χ2v) is 5.30. The van der Waals surface area contributed by atoms with Gasteiger partial charge in [-0.3, -0.25) is 4.79 Å². The summed E-state index contributed by atoms with van der Waals surface area (Å²) in [5.74, 6) is -0.793. The zero-order valence-corrected chi connectivity index (χ0v) is 12.8. The first-order chi connectivity index (χ1) is 11.1. The normalized spacial score (nSPS) is 13.1. The van der Waals surface area contributed by atoms with Gasteiger partial charge in [-0.15, -0.1) is 6.58 Å². The van der Waals surface area contributed by atoms with E-state index in [0.29, 0.717) is 0 Å². The number of nitrogens with one attached hydrogen (secondary N) is 1. The summed E-state index contributed by atoms with van der Waals surface area (Å²) in [6.45, 7) is 3.74. The van der Waals surface area contributed by atoms with Gasteiger partial charge in [-0.05, 0) is 11.6 Å². The van der Waals surface area contributed by atoms with E-state index < -0.39 is 11.9 Å². The molecule has 0 spiro atoms. The molecule has 4 heteroatoms. The lowest BCUT2D eigenvalue weighted by molar-refractivity contribution is -0.121. The number of amides is 1. The average Bonchev–Trinajstić information content (AvgIpc) is 2.58. The maximum Gasteiger partial charge on any atom is 0.221 e. The fourth-order valence-corrected chi connectivity index (χ4v) is 2.38. The molecule has 0 saturated heterocycles. The lowest BCUT2D eigenvalue weighted by Crippen LogP contribution is -2.29. The first kappa shape index (κ1) is 16.9. The van der Waals surface area contributed by atoms with Crippen LogP contribution in [0.3, 0.4) is 0 Å². The third kappa shape index (κ3) is 4.76. The number of aliphatic hydroxyl groups is 1. The van der Waals surface area contributed by atoms with E-state index >= 15 is 0 Å². The molecule has 0 aliphatic rings. The van der Waals surface area contributed by atoms with Crippen LogP contribution in [0.2, 0.25) is 0 Å². The SMILES string of the molecule is C=CC(CC(=O)NCC(O)c1ccccc1F)c1ccccc1. The smallest absolute Gasteiger partial charge is 0.221 e. The number of allylic oxidation sites excluding steroid dienone is 1. The third-order valence-electron chi connectivity index (χ3n) is 3.67. The van der Waals surface area contributed by atoms with Crippen LogP contribution < -0.4 is 5.32 Å². The van der Waals surface area contributed by atoms with Gasteiger partial charge in [0.25, 0.3) is 0 Å². The lowest BCUT2D eigenvalue weighted by Gasteiger charge is -2.15. The standard InChI is InChI=1S/C19H20FNO2/c1-2-14(15-8-4-3-5-9-15)12-19(23)21-13-18(22)16-10-6-7-11-17(16)20/h2-11,14,18,22H,1,12-13H2,(H,21,23). The minimum absolute atomic E-state index is 0.0293. The zero-order valence-electron chi connectivity index (χ0n) is 12.8. The van der Waals surface area contributed by atoms with Gasteiger partial charge < -0.3 is 10.4 Å². The van der Waals surface area contributed by atoms with E-state index in [1.54, 1.807) is 18.2 Å². The zero-order chi connectivity index (χ0) is 16.7. The summed E-state index contributed by atoms with van der Waals surface area (Å²) < 4.78 is 13.6. The molecule has 0 aliphatic heterocycles. The Morgan fingerprint density at radius 2 is 1.83 bits per heavy atom. The van der Waals surface area contributed by atoms with Gasteiger partial charge in [0.05, 0.1) is 6.10 Å². The van der Waals surface area contributed by atoms with Crippen LogP contribution in [0.25, 0.3) is 0 Å². The first-order valence-electron chi connectivity index (χ1n) is 7.48. The highest BCUT2D eigenvalue weighted by atomic mass is 19.1. The van der Waals surface area contributed by atoms with Crippen molar-refractivity contribution in [1.82, 2.24) is 5.32 Å². The molecular weight excluding hydrogens is 293 g/mol. The summed E-state index contributed by atoms with van der Waals surface area (Å²) in [5, 5.41) is 12.6. The van der Waals surface area contributed by atoms with Crippen molar-refractivity contribution in [1.29, 1.82) is 0 Å². The second-order valence-electron chi connectivity index (χ2n) is 5.30. The highest BCUT2D eigenvalue weighted by Gasteiger charge is 2.16. The molecule has 0 bridgehead atoms. The molecule has 2 atom stereocenters. The fourth-order valence-electron chi connectivity index (χ4n) is 2.38. The number of hydrogen-bond acceptors (Lipinski definition) is 2. The molecule has 2 aromatic rings. The second kappa shape index (κ2) is 8.25. The predicted molar refractivity (Wildman–Crippen MR) is 88.4 cm³/mol. The van der Waals surface area contributed by atoms with Crippen molar-refractivity contribution in [2.24, 2.45) is 0 Å². The van der Waals surface area contributed by atoms with Gasteiger partial charge in [-0.1, -0.05) is 54.6 Å². The Labute approximate surface area is 135 Å². The Balaban J connectivity index is 1.89. The van der Waals surface area contributed by atoms with Gasteiger partial charge in [0.2, 0.25) is 5.91 Å². The molecule has 0 aromatic heterocycles. The van der Waals surface area contributed by atoms with Gasteiger partial charge in [-0.25, -0.2) is 4.39 Å². The van der Waals surface area contributed by atoms with Crippen molar-refractivity contribution in [2.45, 2.75) is 18.4 Å². The molecule has 2 rings (SSSR count). The molecule has 3 nitrogen and oxygen atoms in total. The van der Waals surface area contributed by atoms with Gasteiger partial charge in [0.15, 0.2) is 0 Å². The van der Waals surface area contributed by atoms with Crippen LogP contribution in [0, 0.1) is 5.82 Å². The van der Waals surface area contributed by atoms with Gasteiger partial charge in [-0.2, -0.15) is 0 Å². The van der Waals surface area contributed by atoms with Crippen molar-refractivity contribution in [2.75, 3.05) is 6.54 Å². The van der Waals surface area contributed by atoms with E-state index in [2.05, 4.69) is 11.9 Å². The summed E-state index contributed by atoms with van der Waals surface area (Å²) in [4.78, 5) is 12.0. The molecule has 2 aromatic carbocycles. The molecule has 0 fully saturated rings. The summed E-state index contributed by atoms with van der Waals surface area (Å²) in [5.41, 5.74) is 1.18. The molecule has 1 amide bonds. The number of benzene rings is 2. The van der Waals surface area contributed by atoms with Crippen LogP contribution in [-0.2, 0) is 4.79 Å². The molecule has 23 heavy (non-hydrogen) atoms. The van der Waals surface area contributed by atoms with Crippen molar-refractivity contribution in [3.63, 3.8) is 0 Å². The number of hydrogen-bond donors (Lipinski definition) is 2. The van der Waals surface area contributed by atoms with Crippen LogP contribution in [-0.4, -0.2) is 17.6 Å². The van der Waals surface area contributed by atoms with Crippen LogP contribution in [0.5, 0.6) is 0 Å². The number of halogens is 1. The fraction of sp³-hybridized carbons (Fsp3) is 0.211. The van der Waals surface area contributed by atoms with Crippen molar-refractivity contribution in [3.8, 4) is 0 Å². The molecule has 2 N–H and O–H groups in total. The Morgan fingerprint density at radius 3 is 2.48 bits per heavy atom. The highest BCUT2D eigenvalue weighted by molar-refractivity contribution is 5.77. The van der Waals surface area contributed by atoms with E-state index in [-0.39, 0.29) is 30.4 Å². The maximum atomic E-state index is 13.6. The van der Waals surface area contributed by atoms with Gasteiger partial charge in [0.1, 0.15) is 5.82 Å². The number of rotatable bonds is 7. The minimum atomic E-state index is -1.07. The van der Waals surface area contributed by atoms with Crippen molar-refractivity contribution < 1.29 is 14.3 Å². The first-order valence-corrected chi connectivity index (χ1v) is 7.48. The topological polar surface area (TPSA) is 49.3 Å². The van der Waals surface area contributed by atoms with Crippen LogP contribution in [0.1, 0.15) is 29.6 Å². The van der Waals surface area contributed by atoms with Crippen LogP contribution in [0.4, 0.5) is 4.39 Å². The average molecular weight is 313 g/mol. The Morgan fingerprint density at radius 1 is 1.17 bits per heavy atom. The van der Waals surface area contributed by atoms with Gasteiger partial charge in [0, 0.05) is 24.4 Å². The van der Waals surface area contributed by atoms with Crippen LogP contribution >= 0.6 is 0 Å². The minimum Gasteiger partial charge on any atom is -0.386 e. The lowest BCUT2D eigenvalue weighted by atomic mass is 9.95. The molecular formula is C19H20FNO2. The van der Waals surface area contributed by atoms with Crippen LogP contribution in [0.15, 0.2) is 67.3 Å². The molecule has 120 valence electrons. The summed E-state index contributed by atoms with van der Waals surface area (Å²) in [7, 11) is 0. The maximum absolute atomic E-state index is 13.6. The Kier molecular flexibility index (Phi) is 6.06. The summed E-state index contributed by atoms with van der Waals surface area (Å²) >= 11 is 0. The van der Waals surface area contributed by atoms with Crippen molar-refractivity contribution >= 4 is 5.91 Å².